The van der Waals surface area contributed by atoms with E-state index in [2.05, 4.69) is 15.0 Å². The maximum absolute atomic E-state index is 12.9. The van der Waals surface area contributed by atoms with Crippen LogP contribution in [0.2, 0.25) is 0 Å². The van der Waals surface area contributed by atoms with E-state index in [-0.39, 0.29) is 34.6 Å². The van der Waals surface area contributed by atoms with Gasteiger partial charge in [0.1, 0.15) is 13.2 Å². The van der Waals surface area contributed by atoms with E-state index in [1.165, 1.54) is 19.2 Å². The van der Waals surface area contributed by atoms with Crippen LogP contribution in [0.3, 0.4) is 0 Å². The third-order valence-corrected chi connectivity index (χ3v) is 5.54. The highest BCUT2D eigenvalue weighted by atomic mass is 32.2. The van der Waals surface area contributed by atoms with Crippen LogP contribution < -0.4 is 19.5 Å². The normalized spacial score (nSPS) is 14.7. The minimum absolute atomic E-state index is 0.0534. The molecule has 9 heteroatoms. The van der Waals surface area contributed by atoms with E-state index >= 15 is 0 Å². The number of amides is 1. The smallest absolute Gasteiger partial charge is 0.255 e. The second-order valence-corrected chi connectivity index (χ2v) is 7.65. The molecule has 3 rings (SSSR count). The van der Waals surface area contributed by atoms with E-state index in [0.29, 0.717) is 13.0 Å². The molecule has 0 saturated carbocycles. The van der Waals surface area contributed by atoms with Crippen molar-refractivity contribution in [1.82, 2.24) is 15.0 Å². The van der Waals surface area contributed by atoms with Crippen LogP contribution in [0.1, 0.15) is 35.4 Å². The first-order valence-corrected chi connectivity index (χ1v) is 9.76. The van der Waals surface area contributed by atoms with E-state index in [0.717, 1.165) is 5.69 Å². The molecule has 0 radical (unpaired) electrons. The van der Waals surface area contributed by atoms with Crippen LogP contribution in [-0.2, 0) is 10.0 Å². The highest BCUT2D eigenvalue weighted by Gasteiger charge is 2.27. The quantitative estimate of drug-likeness (QED) is 0.706. The lowest BCUT2D eigenvalue weighted by molar-refractivity contribution is 0.0923. The molecule has 0 saturated heterocycles. The first-order valence-electron chi connectivity index (χ1n) is 8.27. The average Bonchev–Trinajstić information content (AvgIpc) is 3.19. The topological polar surface area (TPSA) is 110 Å². The molecule has 8 nitrogen and oxygen atoms in total. The number of ether oxygens (including phenoxy) is 2. The zero-order valence-corrected chi connectivity index (χ0v) is 15.4. The lowest BCUT2D eigenvalue weighted by Crippen LogP contribution is -2.30. The highest BCUT2D eigenvalue weighted by molar-refractivity contribution is 7.89. The standard InChI is InChI=1S/C17H21N3O5S/c1-3-13(14-5-4-6-19-14)20-17(21)12-9-11(26(22,23)18-2)10-15-16(12)25-8-7-24-15/h4-6,9-10,13,18-19H,3,7-8H2,1-2H3,(H,20,21). The van der Waals surface area contributed by atoms with Gasteiger partial charge < -0.3 is 19.8 Å². The SMILES string of the molecule is CCC(NC(=O)c1cc(S(=O)(=O)NC)cc2c1OCCO2)c1ccc[nH]1. The van der Waals surface area contributed by atoms with Crippen molar-refractivity contribution in [3.8, 4) is 11.5 Å². The van der Waals surface area contributed by atoms with Crippen LogP contribution in [-0.4, -0.2) is 39.6 Å². The van der Waals surface area contributed by atoms with Gasteiger partial charge in [0.25, 0.3) is 5.91 Å². The van der Waals surface area contributed by atoms with Gasteiger partial charge in [-0.2, -0.15) is 0 Å². The van der Waals surface area contributed by atoms with E-state index in [1.54, 1.807) is 6.20 Å². The summed E-state index contributed by atoms with van der Waals surface area (Å²) in [6.45, 7) is 2.53. The van der Waals surface area contributed by atoms with E-state index in [9.17, 15) is 13.2 Å². The molecule has 0 bridgehead atoms. The summed E-state index contributed by atoms with van der Waals surface area (Å²) in [5.74, 6) is 0.0668. The van der Waals surface area contributed by atoms with Gasteiger partial charge >= 0.3 is 0 Å². The second-order valence-electron chi connectivity index (χ2n) is 5.76. The van der Waals surface area contributed by atoms with Crippen molar-refractivity contribution in [2.45, 2.75) is 24.3 Å². The molecule has 1 aliphatic rings. The Bertz CT molecular complexity index is 893. The summed E-state index contributed by atoms with van der Waals surface area (Å²) >= 11 is 0. The number of carbonyl (C=O) groups excluding carboxylic acids is 1. The second kappa shape index (κ2) is 7.38. The number of carbonyl (C=O) groups is 1. The monoisotopic (exact) mass is 379 g/mol. The Balaban J connectivity index is 1.99. The maximum atomic E-state index is 12.9. The molecule has 2 heterocycles. The molecule has 0 aliphatic carbocycles. The van der Waals surface area contributed by atoms with Crippen molar-refractivity contribution in [2.24, 2.45) is 0 Å². The number of rotatable bonds is 6. The van der Waals surface area contributed by atoms with Gasteiger partial charge in [-0.25, -0.2) is 13.1 Å². The molecule has 140 valence electrons. The first-order chi connectivity index (χ1) is 12.5. The van der Waals surface area contributed by atoms with Crippen LogP contribution >= 0.6 is 0 Å². The summed E-state index contributed by atoms with van der Waals surface area (Å²) in [6.07, 6.45) is 2.45. The fourth-order valence-electron chi connectivity index (χ4n) is 2.77. The van der Waals surface area contributed by atoms with Gasteiger partial charge in [0.2, 0.25) is 10.0 Å². The Morgan fingerprint density at radius 1 is 1.31 bits per heavy atom. The van der Waals surface area contributed by atoms with Crippen LogP contribution in [0.4, 0.5) is 0 Å². The minimum atomic E-state index is -3.74. The number of hydrogen-bond acceptors (Lipinski definition) is 5. The Morgan fingerprint density at radius 3 is 2.73 bits per heavy atom. The van der Waals surface area contributed by atoms with Crippen LogP contribution in [0, 0.1) is 0 Å². The summed E-state index contributed by atoms with van der Waals surface area (Å²) in [6, 6.07) is 6.16. The zero-order chi connectivity index (χ0) is 18.7. The minimum Gasteiger partial charge on any atom is -0.486 e. The summed E-state index contributed by atoms with van der Waals surface area (Å²) in [5.41, 5.74) is 0.993. The number of nitrogens with one attached hydrogen (secondary N) is 3. The molecular weight excluding hydrogens is 358 g/mol. The predicted molar refractivity (Wildman–Crippen MR) is 95.0 cm³/mol. The molecule has 1 unspecified atom stereocenters. The molecule has 1 aromatic carbocycles. The number of hydrogen-bond donors (Lipinski definition) is 3. The number of aromatic amines is 1. The largest absolute Gasteiger partial charge is 0.486 e. The number of sulfonamides is 1. The molecule has 3 N–H and O–H groups in total. The van der Waals surface area contributed by atoms with Crippen molar-refractivity contribution in [2.75, 3.05) is 20.3 Å². The molecule has 1 aliphatic heterocycles. The molecule has 1 amide bonds. The highest BCUT2D eigenvalue weighted by Crippen LogP contribution is 2.37. The summed E-state index contributed by atoms with van der Waals surface area (Å²) in [4.78, 5) is 15.9. The first kappa shape index (κ1) is 18.3. The summed E-state index contributed by atoms with van der Waals surface area (Å²) in [7, 11) is -2.43. The molecule has 0 spiro atoms. The molecular formula is C17H21N3O5S. The molecule has 2 aromatic rings. The van der Waals surface area contributed by atoms with Crippen molar-refractivity contribution in [3.05, 3.63) is 41.7 Å². The van der Waals surface area contributed by atoms with Gasteiger partial charge in [0.15, 0.2) is 11.5 Å². The lowest BCUT2D eigenvalue weighted by Gasteiger charge is -2.23. The Kier molecular flexibility index (Phi) is 5.19. The van der Waals surface area contributed by atoms with Crippen molar-refractivity contribution in [1.29, 1.82) is 0 Å². The van der Waals surface area contributed by atoms with Gasteiger partial charge in [0, 0.05) is 18.0 Å². The molecule has 26 heavy (non-hydrogen) atoms. The van der Waals surface area contributed by atoms with Gasteiger partial charge in [0.05, 0.1) is 16.5 Å². The van der Waals surface area contributed by atoms with Crippen molar-refractivity contribution < 1.29 is 22.7 Å². The van der Waals surface area contributed by atoms with Gasteiger partial charge in [-0.3, -0.25) is 4.79 Å². The third-order valence-electron chi connectivity index (χ3n) is 4.15. The van der Waals surface area contributed by atoms with E-state index in [1.807, 2.05) is 19.1 Å². The van der Waals surface area contributed by atoms with Crippen LogP contribution in [0.15, 0.2) is 35.4 Å². The molecule has 1 atom stereocenters. The van der Waals surface area contributed by atoms with Crippen LogP contribution in [0.25, 0.3) is 0 Å². The van der Waals surface area contributed by atoms with Crippen molar-refractivity contribution >= 4 is 15.9 Å². The van der Waals surface area contributed by atoms with E-state index < -0.39 is 15.9 Å². The summed E-state index contributed by atoms with van der Waals surface area (Å²) < 4.78 is 37.7. The van der Waals surface area contributed by atoms with Gasteiger partial charge in [-0.15, -0.1) is 0 Å². The Labute approximate surface area is 151 Å². The molecule has 1 aromatic heterocycles. The fourth-order valence-corrected chi connectivity index (χ4v) is 3.54. The van der Waals surface area contributed by atoms with Crippen molar-refractivity contribution in [3.63, 3.8) is 0 Å². The maximum Gasteiger partial charge on any atom is 0.255 e. The number of H-pyrrole nitrogens is 1. The van der Waals surface area contributed by atoms with Gasteiger partial charge in [-0.1, -0.05) is 6.92 Å². The Morgan fingerprint density at radius 2 is 2.08 bits per heavy atom. The zero-order valence-electron chi connectivity index (χ0n) is 14.5. The summed E-state index contributed by atoms with van der Waals surface area (Å²) in [5, 5.41) is 2.91. The lowest BCUT2D eigenvalue weighted by atomic mass is 10.1. The number of benzene rings is 1. The number of aromatic nitrogens is 1. The predicted octanol–water partition coefficient (Wildman–Crippen LogP) is 1.58. The van der Waals surface area contributed by atoms with Gasteiger partial charge in [-0.05, 0) is 31.7 Å². The number of fused-ring (bicyclic) bond motifs is 1. The fraction of sp³-hybridized carbons (Fsp3) is 0.353. The molecule has 0 fully saturated rings. The average molecular weight is 379 g/mol. The Hall–Kier alpha value is -2.52. The van der Waals surface area contributed by atoms with Crippen LogP contribution in [0.5, 0.6) is 11.5 Å². The third kappa shape index (κ3) is 3.54. The van der Waals surface area contributed by atoms with E-state index in [4.69, 9.17) is 9.47 Å².